The number of carbonyl (C=O) groups is 2. The standard InChI is InChI=1S/C9H7NO4S.C9H9NO2S/c1-14-7-2-5-3-9(11)15-8(5)4-6(7)10(12)13;1-12-7-2-5-3-9(11)13-8(5)4-6(7)10/h2,4H,3H2,1H3;2,4H,3,10H2,1H3. The number of nitro benzene ring substituents is 1. The second-order valence-corrected chi connectivity index (χ2v) is 8.09. The van der Waals surface area contributed by atoms with E-state index in [2.05, 4.69) is 0 Å². The van der Waals surface area contributed by atoms with Crippen LogP contribution in [0.15, 0.2) is 34.1 Å². The molecule has 2 aromatic carbocycles. The van der Waals surface area contributed by atoms with Gasteiger partial charge in [0.2, 0.25) is 0 Å². The third kappa shape index (κ3) is 4.07. The van der Waals surface area contributed by atoms with Gasteiger partial charge < -0.3 is 15.2 Å². The van der Waals surface area contributed by atoms with Crippen LogP contribution in [0, 0.1) is 10.1 Å². The van der Waals surface area contributed by atoms with E-state index >= 15 is 0 Å². The van der Waals surface area contributed by atoms with Gasteiger partial charge in [-0.1, -0.05) is 23.5 Å². The van der Waals surface area contributed by atoms with Gasteiger partial charge in [0, 0.05) is 28.7 Å². The molecule has 0 amide bonds. The first-order chi connectivity index (χ1) is 13.3. The third-order valence-corrected chi connectivity index (χ3v) is 6.03. The summed E-state index contributed by atoms with van der Waals surface area (Å²) in [6.07, 6.45) is 0.797. The van der Waals surface area contributed by atoms with Crippen LogP contribution in [0.3, 0.4) is 0 Å². The molecular weight excluding hydrogens is 404 g/mol. The summed E-state index contributed by atoms with van der Waals surface area (Å²) in [6, 6.07) is 6.58. The lowest BCUT2D eigenvalue weighted by atomic mass is 10.1. The van der Waals surface area contributed by atoms with Gasteiger partial charge in [0.05, 0.1) is 24.8 Å². The van der Waals surface area contributed by atoms with Gasteiger partial charge in [-0.3, -0.25) is 19.7 Å². The molecule has 0 unspecified atom stereocenters. The molecule has 0 saturated heterocycles. The Bertz CT molecular complexity index is 993. The van der Waals surface area contributed by atoms with Crippen LogP contribution in [0.25, 0.3) is 0 Å². The van der Waals surface area contributed by atoms with Crippen LogP contribution in [0.2, 0.25) is 0 Å². The van der Waals surface area contributed by atoms with Gasteiger partial charge in [0.1, 0.15) is 5.75 Å². The highest BCUT2D eigenvalue weighted by Gasteiger charge is 2.26. The number of nitrogen functional groups attached to an aromatic ring is 1. The maximum absolute atomic E-state index is 11.1. The number of ether oxygens (including phenoxy) is 2. The highest BCUT2D eigenvalue weighted by Crippen LogP contribution is 2.40. The number of benzene rings is 2. The molecular formula is C18H16N2O6S2. The molecule has 0 bridgehead atoms. The number of nitrogens with zero attached hydrogens (tertiary/aromatic N) is 1. The Hall–Kier alpha value is -2.72. The zero-order valence-corrected chi connectivity index (χ0v) is 16.6. The summed E-state index contributed by atoms with van der Waals surface area (Å²) in [5.41, 5.74) is 8.00. The summed E-state index contributed by atoms with van der Waals surface area (Å²) >= 11 is 2.29. The maximum Gasteiger partial charge on any atom is 0.312 e. The van der Waals surface area contributed by atoms with Gasteiger partial charge in [-0.2, -0.15) is 0 Å². The lowest BCUT2D eigenvalue weighted by molar-refractivity contribution is -0.386. The van der Waals surface area contributed by atoms with E-state index in [1.807, 2.05) is 6.07 Å². The molecule has 0 aliphatic carbocycles. The average molecular weight is 420 g/mol. The van der Waals surface area contributed by atoms with E-state index in [1.54, 1.807) is 19.2 Å². The van der Waals surface area contributed by atoms with Crippen LogP contribution in [-0.4, -0.2) is 29.4 Å². The average Bonchev–Trinajstić information content (AvgIpc) is 3.19. The molecule has 2 aliphatic rings. The smallest absolute Gasteiger partial charge is 0.312 e. The lowest BCUT2D eigenvalue weighted by Crippen LogP contribution is -1.95. The lowest BCUT2D eigenvalue weighted by Gasteiger charge is -2.05. The van der Waals surface area contributed by atoms with Crippen LogP contribution in [-0.2, 0) is 22.4 Å². The number of fused-ring (bicyclic) bond motifs is 2. The van der Waals surface area contributed by atoms with E-state index < -0.39 is 4.92 Å². The van der Waals surface area contributed by atoms with Crippen molar-refractivity contribution in [2.45, 2.75) is 22.6 Å². The molecule has 2 aliphatic heterocycles. The van der Waals surface area contributed by atoms with Crippen molar-refractivity contribution in [2.75, 3.05) is 20.0 Å². The fourth-order valence-electron chi connectivity index (χ4n) is 2.79. The second-order valence-electron chi connectivity index (χ2n) is 5.89. The van der Waals surface area contributed by atoms with E-state index in [-0.39, 0.29) is 21.7 Å². The van der Waals surface area contributed by atoms with Crippen molar-refractivity contribution in [3.8, 4) is 11.5 Å². The topological polar surface area (TPSA) is 122 Å². The summed E-state index contributed by atoms with van der Waals surface area (Å²) in [5.74, 6) is 0.850. The molecule has 0 aromatic heterocycles. The Morgan fingerprint density at radius 1 is 0.929 bits per heavy atom. The highest BCUT2D eigenvalue weighted by atomic mass is 32.2. The molecule has 4 rings (SSSR count). The van der Waals surface area contributed by atoms with Gasteiger partial charge in [-0.05, 0) is 29.3 Å². The molecule has 2 N–H and O–H groups in total. The van der Waals surface area contributed by atoms with E-state index in [0.29, 0.717) is 29.2 Å². The zero-order valence-electron chi connectivity index (χ0n) is 15.0. The summed E-state index contributed by atoms with van der Waals surface area (Å²) in [6.45, 7) is 0. The van der Waals surface area contributed by atoms with Crippen molar-refractivity contribution in [3.05, 3.63) is 45.5 Å². The second kappa shape index (κ2) is 8.11. The fraction of sp³-hybridized carbons (Fsp3) is 0.222. The maximum atomic E-state index is 11.1. The van der Waals surface area contributed by atoms with Gasteiger partial charge in [-0.25, -0.2) is 0 Å². The predicted molar refractivity (Wildman–Crippen MR) is 106 cm³/mol. The third-order valence-electron chi connectivity index (χ3n) is 4.09. The van der Waals surface area contributed by atoms with Crippen LogP contribution in [0.1, 0.15) is 11.1 Å². The number of nitro groups is 1. The molecule has 10 heteroatoms. The predicted octanol–water partition coefficient (Wildman–Crippen LogP) is 3.23. The number of hydrogen-bond donors (Lipinski definition) is 1. The molecule has 0 spiro atoms. The largest absolute Gasteiger partial charge is 0.495 e. The summed E-state index contributed by atoms with van der Waals surface area (Å²) < 4.78 is 9.96. The van der Waals surface area contributed by atoms with Gasteiger partial charge in [0.15, 0.2) is 16.0 Å². The molecule has 2 aromatic rings. The number of carbonyl (C=O) groups excluding carboxylic acids is 2. The van der Waals surface area contributed by atoms with Crippen molar-refractivity contribution >= 4 is 45.1 Å². The van der Waals surface area contributed by atoms with E-state index in [1.165, 1.54) is 24.9 Å². The normalized spacial score (nSPS) is 14.1. The minimum atomic E-state index is -0.511. The van der Waals surface area contributed by atoms with Crippen LogP contribution >= 0.6 is 23.5 Å². The first-order valence-electron chi connectivity index (χ1n) is 8.05. The quantitative estimate of drug-likeness (QED) is 0.453. The van der Waals surface area contributed by atoms with Crippen molar-refractivity contribution in [2.24, 2.45) is 0 Å². The van der Waals surface area contributed by atoms with Gasteiger partial charge >= 0.3 is 5.69 Å². The van der Waals surface area contributed by atoms with Gasteiger partial charge in [0.25, 0.3) is 0 Å². The number of anilines is 1. The fourth-order valence-corrected chi connectivity index (χ4v) is 4.61. The number of nitrogens with two attached hydrogens (primary N) is 1. The van der Waals surface area contributed by atoms with Crippen molar-refractivity contribution in [1.29, 1.82) is 0 Å². The van der Waals surface area contributed by atoms with E-state index in [9.17, 15) is 19.7 Å². The van der Waals surface area contributed by atoms with E-state index in [0.717, 1.165) is 27.8 Å². The monoisotopic (exact) mass is 420 g/mol. The molecule has 28 heavy (non-hydrogen) atoms. The Kier molecular flexibility index (Phi) is 5.80. The van der Waals surface area contributed by atoms with Crippen molar-refractivity contribution in [1.82, 2.24) is 0 Å². The van der Waals surface area contributed by atoms with Gasteiger partial charge in [-0.15, -0.1) is 0 Å². The Labute approximate surface area is 168 Å². The molecule has 146 valence electrons. The SMILES string of the molecule is COc1cc2c(cc1N)SC(=O)C2.COc1cc2c(cc1[N+](=O)[O-])SC(=O)C2. The summed E-state index contributed by atoms with van der Waals surface area (Å²) in [4.78, 5) is 34.0. The first kappa shape index (κ1) is 20.0. The van der Waals surface area contributed by atoms with Crippen LogP contribution < -0.4 is 15.2 Å². The minimum Gasteiger partial charge on any atom is -0.495 e. The van der Waals surface area contributed by atoms with Crippen LogP contribution in [0.5, 0.6) is 11.5 Å². The van der Waals surface area contributed by atoms with Crippen molar-refractivity contribution in [3.63, 3.8) is 0 Å². The number of rotatable bonds is 3. The molecule has 0 fully saturated rings. The molecule has 2 heterocycles. The Morgan fingerprint density at radius 2 is 1.43 bits per heavy atom. The van der Waals surface area contributed by atoms with Crippen molar-refractivity contribution < 1.29 is 24.0 Å². The number of thioether (sulfide) groups is 2. The summed E-state index contributed by atoms with van der Waals surface area (Å²) in [7, 11) is 2.95. The van der Waals surface area contributed by atoms with E-state index in [4.69, 9.17) is 15.2 Å². The number of hydrogen-bond acceptors (Lipinski definition) is 9. The highest BCUT2D eigenvalue weighted by molar-refractivity contribution is 8.14. The number of methoxy groups -OCH3 is 2. The first-order valence-corrected chi connectivity index (χ1v) is 9.68. The summed E-state index contributed by atoms with van der Waals surface area (Å²) in [5, 5.41) is 10.9. The molecule has 8 nitrogen and oxygen atoms in total. The Morgan fingerprint density at radius 3 is 1.93 bits per heavy atom. The zero-order chi connectivity index (χ0) is 20.4. The molecule has 0 radical (unpaired) electrons. The van der Waals surface area contributed by atoms with Crippen LogP contribution in [0.4, 0.5) is 11.4 Å². The molecule has 0 saturated carbocycles. The molecule has 0 atom stereocenters. The Balaban J connectivity index is 0.000000162. The minimum absolute atomic E-state index is 0.00699.